The lowest BCUT2D eigenvalue weighted by atomic mass is 10.3. The Balaban J connectivity index is 1.52. The zero-order valence-electron chi connectivity index (χ0n) is 18.9. The number of carbonyl (C=O) groups is 1. The second kappa shape index (κ2) is 11.8. The minimum atomic E-state index is -3.49. The Kier molecular flexibility index (Phi) is 9.12. The lowest BCUT2D eigenvalue weighted by molar-refractivity contribution is 0.0701. The highest BCUT2D eigenvalue weighted by atomic mass is 32.1. The third-order valence-electron chi connectivity index (χ3n) is 4.70. The minimum absolute atomic E-state index is 0.155. The average Bonchev–Trinajstić information content (AvgIpc) is 3.23. The van der Waals surface area contributed by atoms with Gasteiger partial charge < -0.3 is 15.3 Å². The first kappa shape index (κ1) is 25.5. The van der Waals surface area contributed by atoms with Crippen LogP contribution in [-0.2, 0) is 18.1 Å². The number of rotatable bonds is 12. The number of aromatic nitrogens is 3. The average molecular weight is 501 g/mol. The normalized spacial score (nSPS) is 15.1. The van der Waals surface area contributed by atoms with Gasteiger partial charge >= 0.3 is 13.8 Å². The molecule has 0 radical (unpaired) electrons. The van der Waals surface area contributed by atoms with Crippen molar-refractivity contribution >= 4 is 41.9 Å². The van der Waals surface area contributed by atoms with E-state index >= 15 is 0 Å². The molecule has 0 spiro atoms. The van der Waals surface area contributed by atoms with Gasteiger partial charge in [-0.15, -0.1) is 0 Å². The summed E-state index contributed by atoms with van der Waals surface area (Å²) in [5.74, 6) is 0.931. The fourth-order valence-electron chi connectivity index (χ4n) is 3.23. The molecule has 1 saturated heterocycles. The fourth-order valence-corrected chi connectivity index (χ4v) is 5.05. The third-order valence-corrected chi connectivity index (χ3v) is 7.25. The van der Waals surface area contributed by atoms with Crippen LogP contribution in [0.15, 0.2) is 12.3 Å². The number of hydrogen-bond acceptors (Lipinski definition) is 12. The van der Waals surface area contributed by atoms with Crippen molar-refractivity contribution in [2.75, 3.05) is 62.8 Å². The van der Waals surface area contributed by atoms with Gasteiger partial charge in [-0.05, 0) is 20.8 Å². The SMILES string of the molecule is CCOP(=O)(OCC)OCCN1CCN(c2cc(Nc3ncc(C(=O)O)s3)nc(C)n2)CC1. The molecule has 1 aliphatic rings. The minimum Gasteiger partial charge on any atom is -0.477 e. The molecule has 2 aromatic heterocycles. The molecule has 0 bridgehead atoms. The number of aryl methyl sites for hydroxylation is 1. The monoisotopic (exact) mass is 500 g/mol. The molecular formula is C19H29N6O6PS. The van der Waals surface area contributed by atoms with Crippen molar-refractivity contribution in [3.05, 3.63) is 23.0 Å². The van der Waals surface area contributed by atoms with Gasteiger partial charge in [0.25, 0.3) is 0 Å². The summed E-state index contributed by atoms with van der Waals surface area (Å²) in [7, 11) is -3.49. The van der Waals surface area contributed by atoms with Gasteiger partial charge in [0, 0.05) is 38.8 Å². The fraction of sp³-hybridized carbons (Fsp3) is 0.579. The summed E-state index contributed by atoms with van der Waals surface area (Å²) in [5, 5.41) is 12.6. The van der Waals surface area contributed by atoms with Crippen molar-refractivity contribution in [1.82, 2.24) is 19.9 Å². The molecule has 1 fully saturated rings. The van der Waals surface area contributed by atoms with E-state index in [1.54, 1.807) is 13.8 Å². The predicted octanol–water partition coefficient (Wildman–Crippen LogP) is 3.00. The molecule has 0 aromatic carbocycles. The number of nitrogens with one attached hydrogen (secondary N) is 1. The van der Waals surface area contributed by atoms with Crippen LogP contribution in [0.1, 0.15) is 29.3 Å². The van der Waals surface area contributed by atoms with Gasteiger partial charge in [0.15, 0.2) is 5.13 Å². The predicted molar refractivity (Wildman–Crippen MR) is 125 cm³/mol. The van der Waals surface area contributed by atoms with Crippen LogP contribution in [0.25, 0.3) is 0 Å². The van der Waals surface area contributed by atoms with Crippen LogP contribution in [-0.4, -0.2) is 83.5 Å². The number of phosphoric acid groups is 1. The molecule has 14 heteroatoms. The van der Waals surface area contributed by atoms with Crippen LogP contribution in [0.3, 0.4) is 0 Å². The number of nitrogens with zero attached hydrogens (tertiary/aromatic N) is 5. The number of anilines is 3. The molecule has 12 nitrogen and oxygen atoms in total. The van der Waals surface area contributed by atoms with Gasteiger partial charge in [0.05, 0.1) is 26.0 Å². The van der Waals surface area contributed by atoms with Gasteiger partial charge in [-0.25, -0.2) is 24.3 Å². The molecule has 0 saturated carbocycles. The maximum atomic E-state index is 12.4. The van der Waals surface area contributed by atoms with Crippen LogP contribution < -0.4 is 10.2 Å². The Morgan fingerprint density at radius 1 is 1.18 bits per heavy atom. The molecule has 0 aliphatic carbocycles. The van der Waals surface area contributed by atoms with Crippen LogP contribution in [0.2, 0.25) is 0 Å². The van der Waals surface area contributed by atoms with Crippen molar-refractivity contribution < 1.29 is 28.0 Å². The van der Waals surface area contributed by atoms with Gasteiger partial charge in [0.2, 0.25) is 0 Å². The van der Waals surface area contributed by atoms with E-state index in [-0.39, 0.29) is 24.7 Å². The number of thiazole rings is 1. The van der Waals surface area contributed by atoms with Crippen LogP contribution in [0.5, 0.6) is 0 Å². The van der Waals surface area contributed by atoms with Crippen molar-refractivity contribution in [2.45, 2.75) is 20.8 Å². The van der Waals surface area contributed by atoms with Gasteiger partial charge in [-0.2, -0.15) is 0 Å². The van der Waals surface area contributed by atoms with Crippen molar-refractivity contribution in [1.29, 1.82) is 0 Å². The van der Waals surface area contributed by atoms with Crippen LogP contribution >= 0.6 is 19.2 Å². The molecule has 0 unspecified atom stereocenters. The summed E-state index contributed by atoms with van der Waals surface area (Å²) in [5.41, 5.74) is 0. The maximum Gasteiger partial charge on any atom is 0.474 e. The first-order chi connectivity index (χ1) is 15.8. The second-order valence-electron chi connectivity index (χ2n) is 7.06. The topological polar surface area (TPSA) is 139 Å². The molecule has 2 aromatic rings. The highest BCUT2D eigenvalue weighted by molar-refractivity contribution is 7.48. The number of carboxylic acids is 1. The summed E-state index contributed by atoms with van der Waals surface area (Å²) in [4.78, 5) is 28.6. The molecule has 2 N–H and O–H groups in total. The van der Waals surface area contributed by atoms with Crippen molar-refractivity contribution in [3.8, 4) is 0 Å². The summed E-state index contributed by atoms with van der Waals surface area (Å²) in [6.45, 7) is 9.77. The molecule has 0 atom stereocenters. The van der Waals surface area contributed by atoms with Gasteiger partial charge in [-0.3, -0.25) is 18.5 Å². The first-order valence-corrected chi connectivity index (χ1v) is 12.9. The highest BCUT2D eigenvalue weighted by Gasteiger charge is 2.26. The summed E-state index contributed by atoms with van der Waals surface area (Å²) in [6.07, 6.45) is 1.31. The molecule has 3 rings (SSSR count). The molecule has 182 valence electrons. The Labute approximate surface area is 196 Å². The van der Waals surface area contributed by atoms with E-state index < -0.39 is 13.8 Å². The summed E-state index contributed by atoms with van der Waals surface area (Å²) in [6, 6.07) is 1.83. The second-order valence-corrected chi connectivity index (χ2v) is 9.76. The molecule has 0 amide bonds. The van der Waals surface area contributed by atoms with E-state index in [0.29, 0.717) is 23.3 Å². The Bertz CT molecular complexity index is 973. The molecule has 1 aliphatic heterocycles. The lowest BCUT2D eigenvalue weighted by Gasteiger charge is -2.35. The Morgan fingerprint density at radius 3 is 2.48 bits per heavy atom. The van der Waals surface area contributed by atoms with Crippen LogP contribution in [0.4, 0.5) is 16.8 Å². The largest absolute Gasteiger partial charge is 0.477 e. The van der Waals surface area contributed by atoms with E-state index in [0.717, 1.165) is 43.3 Å². The van der Waals surface area contributed by atoms with Crippen molar-refractivity contribution in [2.24, 2.45) is 0 Å². The highest BCUT2D eigenvalue weighted by Crippen LogP contribution is 2.49. The zero-order valence-corrected chi connectivity index (χ0v) is 20.6. The van der Waals surface area contributed by atoms with Gasteiger partial charge in [-0.1, -0.05) is 11.3 Å². The Hall–Kier alpha value is -2.15. The van der Waals surface area contributed by atoms with E-state index in [1.165, 1.54) is 6.20 Å². The van der Waals surface area contributed by atoms with E-state index in [1.807, 2.05) is 13.0 Å². The maximum absolute atomic E-state index is 12.4. The number of phosphoric ester groups is 1. The van der Waals surface area contributed by atoms with Crippen molar-refractivity contribution in [3.63, 3.8) is 0 Å². The zero-order chi connectivity index (χ0) is 23.8. The first-order valence-electron chi connectivity index (χ1n) is 10.6. The number of carboxylic acid groups (broad SMARTS) is 1. The summed E-state index contributed by atoms with van der Waals surface area (Å²) < 4.78 is 28.1. The van der Waals surface area contributed by atoms with E-state index in [2.05, 4.69) is 30.1 Å². The van der Waals surface area contributed by atoms with E-state index in [9.17, 15) is 9.36 Å². The molecule has 3 heterocycles. The standard InChI is InChI=1S/C19H29N6O6PS/c1-4-29-32(28,30-5-2)31-11-10-24-6-8-25(9-7-24)17-12-16(21-14(3)22-17)23-19-20-13-15(33-19)18(26)27/h12-13H,4-11H2,1-3H3,(H,26,27)(H,20,21,22,23). The quantitative estimate of drug-likeness (QED) is 0.414. The lowest BCUT2D eigenvalue weighted by Crippen LogP contribution is -2.47. The third kappa shape index (κ3) is 7.42. The number of hydrogen-bond donors (Lipinski definition) is 2. The van der Waals surface area contributed by atoms with Gasteiger partial charge in [0.1, 0.15) is 22.3 Å². The molecular weight excluding hydrogens is 471 g/mol. The molecule has 33 heavy (non-hydrogen) atoms. The van der Waals surface area contributed by atoms with Crippen LogP contribution in [0, 0.1) is 6.92 Å². The summed E-state index contributed by atoms with van der Waals surface area (Å²) >= 11 is 1.05. The number of aromatic carboxylic acids is 1. The number of piperazine rings is 1. The smallest absolute Gasteiger partial charge is 0.474 e. The van der Waals surface area contributed by atoms with E-state index in [4.69, 9.17) is 18.7 Å². The Morgan fingerprint density at radius 2 is 1.88 bits per heavy atom.